The summed E-state index contributed by atoms with van der Waals surface area (Å²) in [7, 11) is 1.46. The van der Waals surface area contributed by atoms with Gasteiger partial charge in [-0.05, 0) is 37.7 Å². The maximum Gasteiger partial charge on any atom is 0.333 e. The lowest BCUT2D eigenvalue weighted by Gasteiger charge is -2.21. The molecule has 1 aromatic heterocycles. The van der Waals surface area contributed by atoms with Gasteiger partial charge in [-0.25, -0.2) is 4.79 Å². The number of aryl methyl sites for hydroxylation is 1. The Balaban J connectivity index is 2.00. The van der Waals surface area contributed by atoms with Crippen LogP contribution in [0.15, 0.2) is 0 Å². The van der Waals surface area contributed by atoms with E-state index in [1.54, 1.807) is 0 Å². The average molecular weight is 236 g/mol. The Kier molecular flexibility index (Phi) is 2.26. The van der Waals surface area contributed by atoms with Crippen molar-refractivity contribution in [2.45, 2.75) is 43.6 Å². The molecule has 1 atom stereocenters. The van der Waals surface area contributed by atoms with Gasteiger partial charge < -0.3 is 9.84 Å². The van der Waals surface area contributed by atoms with Crippen LogP contribution in [0.25, 0.3) is 0 Å². The molecule has 3 rings (SSSR count). The molecular formula is C12H16N2O3. The molecule has 1 saturated carbocycles. The number of hydrogen-bond donors (Lipinski definition) is 2. The van der Waals surface area contributed by atoms with Crippen LogP contribution >= 0.6 is 0 Å². The zero-order valence-corrected chi connectivity index (χ0v) is 9.82. The summed E-state index contributed by atoms with van der Waals surface area (Å²) >= 11 is 0. The number of methoxy groups -OCH3 is 1. The van der Waals surface area contributed by atoms with Crippen LogP contribution in [0.1, 0.15) is 36.2 Å². The minimum absolute atomic E-state index is 0.380. The molecule has 0 spiro atoms. The highest BCUT2D eigenvalue weighted by atomic mass is 16.5. The first-order chi connectivity index (χ1) is 8.19. The maximum absolute atomic E-state index is 11.2. The van der Waals surface area contributed by atoms with Crippen LogP contribution in [-0.2, 0) is 27.8 Å². The number of nitrogens with one attached hydrogen (secondary N) is 1. The smallest absolute Gasteiger partial charge is 0.333 e. The first-order valence-electron chi connectivity index (χ1n) is 6.01. The van der Waals surface area contributed by atoms with E-state index in [-0.39, 0.29) is 5.41 Å². The van der Waals surface area contributed by atoms with Gasteiger partial charge in [0.2, 0.25) is 0 Å². The van der Waals surface area contributed by atoms with Crippen molar-refractivity contribution in [3.05, 3.63) is 17.0 Å². The Morgan fingerprint density at radius 2 is 2.29 bits per heavy atom. The molecule has 5 nitrogen and oxygen atoms in total. The Hall–Kier alpha value is -1.36. The van der Waals surface area contributed by atoms with Gasteiger partial charge in [-0.2, -0.15) is 5.10 Å². The van der Waals surface area contributed by atoms with Crippen LogP contribution in [0.2, 0.25) is 0 Å². The zero-order valence-electron chi connectivity index (χ0n) is 9.82. The van der Waals surface area contributed by atoms with Crippen molar-refractivity contribution in [3.8, 4) is 0 Å². The fourth-order valence-corrected chi connectivity index (χ4v) is 3.05. The number of carboxylic acids is 1. The topological polar surface area (TPSA) is 75.2 Å². The van der Waals surface area contributed by atoms with Gasteiger partial charge in [0.15, 0.2) is 6.10 Å². The molecule has 17 heavy (non-hydrogen) atoms. The van der Waals surface area contributed by atoms with Gasteiger partial charge in [0.1, 0.15) is 0 Å². The number of H-pyrrole nitrogens is 1. The standard InChI is InChI=1S/C12H16N2O3/c1-17-10(11(15)16)12(5-6-12)9-7-3-2-4-8(7)13-14-9/h10H,2-6H2,1H3,(H,13,14)(H,15,16). The second-order valence-corrected chi connectivity index (χ2v) is 4.99. The lowest BCUT2D eigenvalue weighted by molar-refractivity contribution is -0.150. The monoisotopic (exact) mass is 236 g/mol. The number of fused-ring (bicyclic) bond motifs is 1. The second kappa shape index (κ2) is 3.57. The number of aliphatic carboxylic acids is 1. The predicted octanol–water partition coefficient (Wildman–Crippen LogP) is 1.03. The van der Waals surface area contributed by atoms with Crippen molar-refractivity contribution in [1.29, 1.82) is 0 Å². The number of ether oxygens (including phenoxy) is 1. The van der Waals surface area contributed by atoms with Gasteiger partial charge >= 0.3 is 5.97 Å². The molecule has 2 N–H and O–H groups in total. The fourth-order valence-electron chi connectivity index (χ4n) is 3.05. The van der Waals surface area contributed by atoms with Crippen molar-refractivity contribution in [1.82, 2.24) is 10.2 Å². The summed E-state index contributed by atoms with van der Waals surface area (Å²) in [6, 6.07) is 0. The molecule has 1 unspecified atom stereocenters. The SMILES string of the molecule is COC(C(=O)O)C1(c2n[nH]c3c2CCC3)CC1. The van der Waals surface area contributed by atoms with Gasteiger partial charge in [-0.15, -0.1) is 0 Å². The molecule has 5 heteroatoms. The highest BCUT2D eigenvalue weighted by Gasteiger charge is 2.57. The maximum atomic E-state index is 11.2. The van der Waals surface area contributed by atoms with Crippen molar-refractivity contribution in [3.63, 3.8) is 0 Å². The Morgan fingerprint density at radius 1 is 1.53 bits per heavy atom. The third kappa shape index (κ3) is 1.42. The quantitative estimate of drug-likeness (QED) is 0.818. The van der Waals surface area contributed by atoms with Crippen LogP contribution in [0.5, 0.6) is 0 Å². The van der Waals surface area contributed by atoms with Crippen LogP contribution in [0, 0.1) is 0 Å². The summed E-state index contributed by atoms with van der Waals surface area (Å²) < 4.78 is 5.17. The first-order valence-corrected chi connectivity index (χ1v) is 6.01. The third-order valence-electron chi connectivity index (χ3n) is 4.03. The van der Waals surface area contributed by atoms with Gasteiger partial charge in [-0.3, -0.25) is 5.10 Å². The molecule has 0 radical (unpaired) electrons. The average Bonchev–Trinajstić information content (AvgIpc) is 2.75. The summed E-state index contributed by atoms with van der Waals surface area (Å²) in [4.78, 5) is 11.2. The minimum Gasteiger partial charge on any atom is -0.479 e. The Morgan fingerprint density at radius 3 is 2.88 bits per heavy atom. The summed E-state index contributed by atoms with van der Waals surface area (Å²) in [5.41, 5.74) is 2.99. The zero-order chi connectivity index (χ0) is 12.0. The molecule has 0 amide bonds. The van der Waals surface area contributed by atoms with Crippen LogP contribution in [-0.4, -0.2) is 34.5 Å². The van der Waals surface area contributed by atoms with Crippen LogP contribution in [0.3, 0.4) is 0 Å². The first kappa shape index (κ1) is 10.8. The fraction of sp³-hybridized carbons (Fsp3) is 0.667. The second-order valence-electron chi connectivity index (χ2n) is 4.99. The highest BCUT2D eigenvalue weighted by molar-refractivity contribution is 5.76. The van der Waals surface area contributed by atoms with E-state index in [2.05, 4.69) is 10.2 Å². The van der Waals surface area contributed by atoms with Crippen LogP contribution < -0.4 is 0 Å². The molecule has 1 aromatic rings. The summed E-state index contributed by atoms with van der Waals surface area (Å²) in [5, 5.41) is 16.6. The number of hydrogen-bond acceptors (Lipinski definition) is 3. The number of aromatic nitrogens is 2. The van der Waals surface area contributed by atoms with E-state index in [4.69, 9.17) is 4.74 Å². The molecule has 92 valence electrons. The van der Waals surface area contributed by atoms with Crippen LogP contribution in [0.4, 0.5) is 0 Å². The number of carbonyl (C=O) groups is 1. The number of rotatable bonds is 4. The Labute approximate surface area is 99.2 Å². The van der Waals surface area contributed by atoms with E-state index in [9.17, 15) is 9.90 Å². The van der Waals surface area contributed by atoms with E-state index in [0.717, 1.165) is 37.8 Å². The van der Waals surface area contributed by atoms with Crippen molar-refractivity contribution in [2.24, 2.45) is 0 Å². The van der Waals surface area contributed by atoms with Crippen molar-refractivity contribution >= 4 is 5.97 Å². The van der Waals surface area contributed by atoms with Gasteiger partial charge in [0, 0.05) is 12.8 Å². The number of nitrogens with zero attached hydrogens (tertiary/aromatic N) is 1. The summed E-state index contributed by atoms with van der Waals surface area (Å²) in [5.74, 6) is -0.889. The van der Waals surface area contributed by atoms with E-state index in [1.807, 2.05) is 0 Å². The lowest BCUT2D eigenvalue weighted by atomic mass is 9.91. The largest absolute Gasteiger partial charge is 0.479 e. The minimum atomic E-state index is -0.889. The third-order valence-corrected chi connectivity index (χ3v) is 4.03. The molecular weight excluding hydrogens is 220 g/mol. The molecule has 2 aliphatic rings. The highest BCUT2D eigenvalue weighted by Crippen LogP contribution is 2.53. The van der Waals surface area contributed by atoms with E-state index >= 15 is 0 Å². The van der Waals surface area contributed by atoms with Crippen molar-refractivity contribution < 1.29 is 14.6 Å². The van der Waals surface area contributed by atoms with E-state index < -0.39 is 12.1 Å². The molecule has 0 aliphatic heterocycles. The Bertz CT molecular complexity index is 462. The van der Waals surface area contributed by atoms with Crippen molar-refractivity contribution in [2.75, 3.05) is 7.11 Å². The molecule has 2 aliphatic carbocycles. The van der Waals surface area contributed by atoms with Gasteiger partial charge in [0.25, 0.3) is 0 Å². The molecule has 0 saturated heterocycles. The molecule has 1 heterocycles. The number of carboxylic acid groups (broad SMARTS) is 1. The summed E-state index contributed by atoms with van der Waals surface area (Å²) in [6.45, 7) is 0. The molecule has 0 bridgehead atoms. The van der Waals surface area contributed by atoms with Gasteiger partial charge in [0.05, 0.1) is 11.1 Å². The van der Waals surface area contributed by atoms with E-state index in [0.29, 0.717) is 0 Å². The molecule has 0 aromatic carbocycles. The normalized spacial score (nSPS) is 22.2. The molecule has 1 fully saturated rings. The predicted molar refractivity (Wildman–Crippen MR) is 60.0 cm³/mol. The lowest BCUT2D eigenvalue weighted by Crippen LogP contribution is -2.36. The summed E-state index contributed by atoms with van der Waals surface area (Å²) in [6.07, 6.45) is 4.12. The van der Waals surface area contributed by atoms with E-state index in [1.165, 1.54) is 18.4 Å². The number of aromatic amines is 1. The van der Waals surface area contributed by atoms with Gasteiger partial charge in [-0.1, -0.05) is 0 Å².